The van der Waals surface area contributed by atoms with Crippen molar-refractivity contribution in [2.24, 2.45) is 0 Å². The van der Waals surface area contributed by atoms with Gasteiger partial charge in [-0.3, -0.25) is 0 Å². The van der Waals surface area contributed by atoms with Crippen LogP contribution in [0.5, 0.6) is 5.75 Å². The molecule has 3 heteroatoms. The molecule has 0 aromatic heterocycles. The van der Waals surface area contributed by atoms with Gasteiger partial charge in [0, 0.05) is 4.90 Å². The fraction of sp³-hybridized carbons (Fsp3) is 0.625. The largest absolute Gasteiger partial charge is 0.508 e. The Morgan fingerprint density at radius 1 is 0.947 bits per heavy atom. The van der Waals surface area contributed by atoms with E-state index in [4.69, 9.17) is 0 Å². The Morgan fingerprint density at radius 3 is 2.32 bits per heavy atom. The SMILES string of the molecule is Oc1ccc(SCCCCN2CCCCCC2)cc1. The number of thioether (sulfide) groups is 1. The van der Waals surface area contributed by atoms with Gasteiger partial charge < -0.3 is 10.0 Å². The third kappa shape index (κ3) is 5.87. The molecule has 0 saturated carbocycles. The molecule has 1 saturated heterocycles. The van der Waals surface area contributed by atoms with Crippen molar-refractivity contribution in [1.82, 2.24) is 4.90 Å². The molecular weight excluding hydrogens is 254 g/mol. The summed E-state index contributed by atoms with van der Waals surface area (Å²) in [5, 5.41) is 9.22. The van der Waals surface area contributed by atoms with Gasteiger partial charge in [-0.2, -0.15) is 0 Å². The van der Waals surface area contributed by atoms with Crippen LogP contribution in [-0.2, 0) is 0 Å². The van der Waals surface area contributed by atoms with E-state index in [9.17, 15) is 5.11 Å². The third-order valence-corrected chi connectivity index (χ3v) is 4.77. The molecule has 2 nitrogen and oxygen atoms in total. The molecule has 1 aliphatic rings. The van der Waals surface area contributed by atoms with Crippen LogP contribution < -0.4 is 0 Å². The first-order valence-electron chi connectivity index (χ1n) is 7.49. The quantitative estimate of drug-likeness (QED) is 0.625. The van der Waals surface area contributed by atoms with Crippen LogP contribution >= 0.6 is 11.8 Å². The fourth-order valence-corrected chi connectivity index (χ4v) is 3.44. The van der Waals surface area contributed by atoms with E-state index in [1.165, 1.54) is 68.8 Å². The number of nitrogens with zero attached hydrogens (tertiary/aromatic N) is 1. The van der Waals surface area contributed by atoms with Crippen molar-refractivity contribution in [3.05, 3.63) is 24.3 Å². The number of phenolic OH excluding ortho intramolecular Hbond substituents is 1. The fourth-order valence-electron chi connectivity index (χ4n) is 2.53. The summed E-state index contributed by atoms with van der Waals surface area (Å²) in [4.78, 5) is 3.89. The molecule has 106 valence electrons. The summed E-state index contributed by atoms with van der Waals surface area (Å²) in [6, 6.07) is 7.52. The minimum atomic E-state index is 0.352. The summed E-state index contributed by atoms with van der Waals surface area (Å²) < 4.78 is 0. The van der Waals surface area contributed by atoms with Crippen molar-refractivity contribution in [2.75, 3.05) is 25.4 Å². The summed E-state index contributed by atoms with van der Waals surface area (Å²) in [5.41, 5.74) is 0. The van der Waals surface area contributed by atoms with Gasteiger partial charge in [-0.1, -0.05) is 12.8 Å². The smallest absolute Gasteiger partial charge is 0.115 e. The minimum Gasteiger partial charge on any atom is -0.508 e. The second-order valence-corrected chi connectivity index (χ2v) is 6.47. The maximum atomic E-state index is 9.22. The molecule has 0 radical (unpaired) electrons. The normalized spacial score (nSPS) is 17.3. The number of hydrogen-bond donors (Lipinski definition) is 1. The molecule has 0 bridgehead atoms. The van der Waals surface area contributed by atoms with Crippen LogP contribution in [0.15, 0.2) is 29.2 Å². The van der Waals surface area contributed by atoms with Crippen molar-refractivity contribution in [2.45, 2.75) is 43.4 Å². The Hall–Kier alpha value is -0.670. The molecule has 0 unspecified atom stereocenters. The molecule has 19 heavy (non-hydrogen) atoms. The molecule has 1 N–H and O–H groups in total. The molecule has 0 amide bonds. The summed E-state index contributed by atoms with van der Waals surface area (Å²) >= 11 is 1.89. The summed E-state index contributed by atoms with van der Waals surface area (Å²) in [6.45, 7) is 3.90. The Kier molecular flexibility index (Phi) is 6.58. The zero-order valence-electron chi connectivity index (χ0n) is 11.7. The number of likely N-dealkylation sites (tertiary alicyclic amines) is 1. The van der Waals surface area contributed by atoms with Gasteiger partial charge in [0.05, 0.1) is 0 Å². The van der Waals surface area contributed by atoms with E-state index in [2.05, 4.69) is 4.90 Å². The highest BCUT2D eigenvalue weighted by Gasteiger charge is 2.07. The van der Waals surface area contributed by atoms with Gasteiger partial charge in [0.25, 0.3) is 0 Å². The standard InChI is InChI=1S/C16H25NOS/c18-15-7-9-16(10-8-15)19-14-6-5-13-17-11-3-1-2-4-12-17/h7-10,18H,1-6,11-14H2. The van der Waals surface area contributed by atoms with Crippen LogP contribution in [0.1, 0.15) is 38.5 Å². The molecular formula is C16H25NOS. The molecule has 1 aromatic rings. The van der Waals surface area contributed by atoms with Gasteiger partial charge in [0.2, 0.25) is 0 Å². The van der Waals surface area contributed by atoms with Crippen LogP contribution in [0.25, 0.3) is 0 Å². The van der Waals surface area contributed by atoms with Gasteiger partial charge in [0.15, 0.2) is 0 Å². The van der Waals surface area contributed by atoms with Crippen molar-refractivity contribution in [1.29, 1.82) is 0 Å². The van der Waals surface area contributed by atoms with E-state index in [0.29, 0.717) is 5.75 Å². The zero-order chi connectivity index (χ0) is 13.3. The van der Waals surface area contributed by atoms with Gasteiger partial charge in [0.1, 0.15) is 5.75 Å². The monoisotopic (exact) mass is 279 g/mol. The van der Waals surface area contributed by atoms with E-state index in [-0.39, 0.29) is 0 Å². The lowest BCUT2D eigenvalue weighted by Gasteiger charge is -2.19. The topological polar surface area (TPSA) is 23.5 Å². The molecule has 1 heterocycles. The van der Waals surface area contributed by atoms with Crippen molar-refractivity contribution in [3.8, 4) is 5.75 Å². The molecule has 1 aromatic carbocycles. The predicted molar refractivity (Wildman–Crippen MR) is 83.0 cm³/mol. The molecule has 0 aliphatic carbocycles. The maximum Gasteiger partial charge on any atom is 0.115 e. The van der Waals surface area contributed by atoms with Crippen LogP contribution in [0.2, 0.25) is 0 Å². The molecule has 2 rings (SSSR count). The predicted octanol–water partition coefficient (Wildman–Crippen LogP) is 4.14. The molecule has 1 fully saturated rings. The van der Waals surface area contributed by atoms with Crippen LogP contribution in [0, 0.1) is 0 Å². The Balaban J connectivity index is 1.55. The van der Waals surface area contributed by atoms with E-state index >= 15 is 0 Å². The van der Waals surface area contributed by atoms with Crippen LogP contribution in [0.4, 0.5) is 0 Å². The summed E-state index contributed by atoms with van der Waals surface area (Å²) in [7, 11) is 0. The van der Waals surface area contributed by atoms with E-state index in [0.717, 1.165) is 0 Å². The number of phenols is 1. The molecule has 0 atom stereocenters. The van der Waals surface area contributed by atoms with E-state index < -0.39 is 0 Å². The van der Waals surface area contributed by atoms with Gasteiger partial charge in [-0.25, -0.2) is 0 Å². The van der Waals surface area contributed by atoms with Crippen molar-refractivity contribution < 1.29 is 5.11 Å². The summed E-state index contributed by atoms with van der Waals surface area (Å²) in [5.74, 6) is 1.53. The van der Waals surface area contributed by atoms with Gasteiger partial charge >= 0.3 is 0 Å². The van der Waals surface area contributed by atoms with Gasteiger partial charge in [-0.15, -0.1) is 11.8 Å². The number of benzene rings is 1. The second-order valence-electron chi connectivity index (χ2n) is 5.31. The maximum absolute atomic E-state index is 9.22. The number of unbranched alkanes of at least 4 members (excludes halogenated alkanes) is 1. The number of aromatic hydroxyl groups is 1. The van der Waals surface area contributed by atoms with Crippen LogP contribution in [0.3, 0.4) is 0 Å². The lowest BCUT2D eigenvalue weighted by molar-refractivity contribution is 0.281. The Morgan fingerprint density at radius 2 is 1.63 bits per heavy atom. The van der Waals surface area contributed by atoms with E-state index in [1.807, 2.05) is 23.9 Å². The Bertz CT molecular complexity index is 344. The third-order valence-electron chi connectivity index (χ3n) is 3.67. The average Bonchev–Trinajstić information content (AvgIpc) is 2.69. The summed E-state index contributed by atoms with van der Waals surface area (Å²) in [6.07, 6.45) is 8.22. The first-order chi connectivity index (χ1) is 9.34. The van der Waals surface area contributed by atoms with E-state index in [1.54, 1.807) is 12.1 Å². The highest BCUT2D eigenvalue weighted by molar-refractivity contribution is 7.99. The molecule has 1 aliphatic heterocycles. The second kappa shape index (κ2) is 8.49. The van der Waals surface area contributed by atoms with Gasteiger partial charge in [-0.05, 0) is 75.3 Å². The van der Waals surface area contributed by atoms with Crippen molar-refractivity contribution in [3.63, 3.8) is 0 Å². The highest BCUT2D eigenvalue weighted by atomic mass is 32.2. The highest BCUT2D eigenvalue weighted by Crippen LogP contribution is 2.21. The van der Waals surface area contributed by atoms with Crippen LogP contribution in [-0.4, -0.2) is 35.4 Å². The first-order valence-corrected chi connectivity index (χ1v) is 8.47. The number of hydrogen-bond acceptors (Lipinski definition) is 3. The average molecular weight is 279 g/mol. The number of rotatable bonds is 6. The zero-order valence-corrected chi connectivity index (χ0v) is 12.5. The molecule has 0 spiro atoms. The first kappa shape index (κ1) is 14.7. The Labute approximate surface area is 121 Å². The lowest BCUT2D eigenvalue weighted by atomic mass is 10.2. The van der Waals surface area contributed by atoms with Crippen molar-refractivity contribution >= 4 is 11.8 Å². The lowest BCUT2D eigenvalue weighted by Crippen LogP contribution is -2.25. The minimum absolute atomic E-state index is 0.352.